The Morgan fingerprint density at radius 3 is 2.70 bits per heavy atom. The van der Waals surface area contributed by atoms with Crippen molar-refractivity contribution in [3.8, 4) is 0 Å². The van der Waals surface area contributed by atoms with Crippen LogP contribution in [0.1, 0.15) is 25.8 Å². The molecule has 0 aliphatic carbocycles. The number of aromatic nitrogens is 4. The number of hydrogen-bond acceptors (Lipinski definition) is 8. The standard InChI is InChI=1S/C21H26N6O6/c1-13(2)21(18(29)30,26-20(31)33-10-14-6-4-3-5-7-14)8-9-32-12-27-11-23-15-16(27)24-19(22)25-17(15)28/h3-7,11,13H,8-10,12H2,1-2H3,(H,26,31)(H,29,30)(H3,22,24,25,28)/t21-/m0/s1. The Morgan fingerprint density at radius 2 is 2.03 bits per heavy atom. The van der Waals surface area contributed by atoms with Crippen molar-refractivity contribution in [2.45, 2.75) is 39.1 Å². The van der Waals surface area contributed by atoms with Gasteiger partial charge in [0.2, 0.25) is 5.95 Å². The average molecular weight is 458 g/mol. The maximum atomic E-state index is 12.4. The molecule has 176 valence electrons. The molecule has 0 spiro atoms. The minimum absolute atomic E-state index is 0.0121. The summed E-state index contributed by atoms with van der Waals surface area (Å²) in [4.78, 5) is 46.7. The zero-order chi connectivity index (χ0) is 24.0. The van der Waals surface area contributed by atoms with Crippen molar-refractivity contribution in [2.24, 2.45) is 5.92 Å². The summed E-state index contributed by atoms with van der Waals surface area (Å²) < 4.78 is 12.3. The second-order valence-electron chi connectivity index (χ2n) is 7.74. The summed E-state index contributed by atoms with van der Waals surface area (Å²) in [6.45, 7) is 3.34. The normalized spacial score (nSPS) is 13.1. The molecule has 0 bridgehead atoms. The van der Waals surface area contributed by atoms with E-state index >= 15 is 0 Å². The SMILES string of the molecule is CC(C)[C@](CCOCn1cnc2c(=O)[nH]c(N)nc21)(NC(=O)OCc1ccccc1)C(=O)O. The van der Waals surface area contributed by atoms with Crippen LogP contribution in [0.4, 0.5) is 10.7 Å². The number of fused-ring (bicyclic) bond motifs is 1. The van der Waals surface area contributed by atoms with Crippen LogP contribution in [-0.2, 0) is 27.6 Å². The van der Waals surface area contributed by atoms with Crippen LogP contribution in [0.3, 0.4) is 0 Å². The number of H-pyrrole nitrogens is 1. The Hall–Kier alpha value is -3.93. The van der Waals surface area contributed by atoms with Crippen LogP contribution in [0.2, 0.25) is 0 Å². The van der Waals surface area contributed by atoms with Crippen molar-refractivity contribution in [3.63, 3.8) is 0 Å². The highest BCUT2D eigenvalue weighted by Crippen LogP contribution is 2.23. The average Bonchev–Trinajstić information content (AvgIpc) is 3.17. The first-order chi connectivity index (χ1) is 15.7. The number of carbonyl (C=O) groups is 2. The number of carboxylic acids is 1. The number of imidazole rings is 1. The van der Waals surface area contributed by atoms with E-state index in [1.54, 1.807) is 26.0 Å². The van der Waals surface area contributed by atoms with Gasteiger partial charge in [0, 0.05) is 6.42 Å². The molecule has 5 N–H and O–H groups in total. The number of nitrogens with zero attached hydrogens (tertiary/aromatic N) is 3. The monoisotopic (exact) mass is 458 g/mol. The molecule has 2 aromatic heterocycles. The minimum atomic E-state index is -1.61. The van der Waals surface area contributed by atoms with Crippen LogP contribution >= 0.6 is 0 Å². The van der Waals surface area contributed by atoms with Gasteiger partial charge in [0.1, 0.15) is 18.9 Å². The number of benzene rings is 1. The second kappa shape index (κ2) is 10.1. The van der Waals surface area contributed by atoms with Gasteiger partial charge >= 0.3 is 12.1 Å². The van der Waals surface area contributed by atoms with E-state index in [1.165, 1.54) is 10.9 Å². The third-order valence-corrected chi connectivity index (χ3v) is 5.27. The summed E-state index contributed by atoms with van der Waals surface area (Å²) >= 11 is 0. The van der Waals surface area contributed by atoms with E-state index in [2.05, 4.69) is 20.3 Å². The molecule has 3 aromatic rings. The third kappa shape index (κ3) is 5.47. The van der Waals surface area contributed by atoms with Crippen molar-refractivity contribution < 1.29 is 24.2 Å². The molecule has 0 saturated heterocycles. The van der Waals surface area contributed by atoms with Crippen LogP contribution in [0.15, 0.2) is 41.5 Å². The van der Waals surface area contributed by atoms with Gasteiger partial charge in [-0.25, -0.2) is 14.6 Å². The highest BCUT2D eigenvalue weighted by molar-refractivity contribution is 5.84. The first kappa shape index (κ1) is 23.7. The molecule has 2 heterocycles. The summed E-state index contributed by atoms with van der Waals surface area (Å²) in [7, 11) is 0. The Balaban J connectivity index is 1.62. The number of carbonyl (C=O) groups excluding carboxylic acids is 1. The van der Waals surface area contributed by atoms with Crippen molar-refractivity contribution in [3.05, 3.63) is 52.6 Å². The number of rotatable bonds is 10. The molecule has 33 heavy (non-hydrogen) atoms. The lowest BCUT2D eigenvalue weighted by Crippen LogP contribution is -2.58. The molecule has 0 saturated carbocycles. The van der Waals surface area contributed by atoms with E-state index in [4.69, 9.17) is 15.2 Å². The molecule has 0 fully saturated rings. The first-order valence-electron chi connectivity index (χ1n) is 10.2. The zero-order valence-corrected chi connectivity index (χ0v) is 18.3. The Kier molecular flexibility index (Phi) is 7.28. The largest absolute Gasteiger partial charge is 0.479 e. The van der Waals surface area contributed by atoms with Crippen LogP contribution in [0, 0.1) is 5.92 Å². The number of nitrogen functional groups attached to an aromatic ring is 1. The van der Waals surface area contributed by atoms with Crippen LogP contribution in [-0.4, -0.2) is 48.8 Å². The van der Waals surface area contributed by atoms with Gasteiger partial charge in [0.05, 0.1) is 12.9 Å². The van der Waals surface area contributed by atoms with Crippen LogP contribution < -0.4 is 16.6 Å². The van der Waals surface area contributed by atoms with E-state index in [-0.39, 0.29) is 43.5 Å². The molecule has 1 aromatic carbocycles. The third-order valence-electron chi connectivity index (χ3n) is 5.27. The van der Waals surface area contributed by atoms with Crippen LogP contribution in [0.5, 0.6) is 0 Å². The number of nitrogens with one attached hydrogen (secondary N) is 2. The Labute approximate surface area is 188 Å². The van der Waals surface area contributed by atoms with Gasteiger partial charge in [-0.05, 0) is 11.5 Å². The fraction of sp³-hybridized carbons (Fsp3) is 0.381. The van der Waals surface area contributed by atoms with E-state index in [9.17, 15) is 19.5 Å². The van der Waals surface area contributed by atoms with Gasteiger partial charge in [-0.3, -0.25) is 14.3 Å². The number of carboxylic acid groups (broad SMARTS) is 1. The van der Waals surface area contributed by atoms with Gasteiger partial charge in [-0.2, -0.15) is 4.98 Å². The number of nitrogens with two attached hydrogens (primary N) is 1. The highest BCUT2D eigenvalue weighted by Gasteiger charge is 2.43. The lowest BCUT2D eigenvalue weighted by molar-refractivity contribution is -0.148. The lowest BCUT2D eigenvalue weighted by Gasteiger charge is -2.33. The van der Waals surface area contributed by atoms with E-state index < -0.39 is 29.1 Å². The molecule has 12 heteroatoms. The maximum Gasteiger partial charge on any atom is 0.408 e. The van der Waals surface area contributed by atoms with E-state index in [0.29, 0.717) is 0 Å². The molecule has 0 aliphatic heterocycles. The van der Waals surface area contributed by atoms with Gasteiger partial charge in [0.25, 0.3) is 5.56 Å². The summed E-state index contributed by atoms with van der Waals surface area (Å²) in [6.07, 6.45) is 0.510. The van der Waals surface area contributed by atoms with Crippen molar-refractivity contribution in [1.29, 1.82) is 0 Å². The zero-order valence-electron chi connectivity index (χ0n) is 18.3. The molecule has 3 rings (SSSR count). The summed E-state index contributed by atoms with van der Waals surface area (Å²) in [6, 6.07) is 9.06. The molecule has 0 aliphatic rings. The predicted octanol–water partition coefficient (Wildman–Crippen LogP) is 1.47. The van der Waals surface area contributed by atoms with Gasteiger partial charge in [-0.1, -0.05) is 44.2 Å². The molecule has 0 unspecified atom stereocenters. The van der Waals surface area contributed by atoms with E-state index in [1.807, 2.05) is 18.2 Å². The topological polar surface area (TPSA) is 174 Å². The quantitative estimate of drug-likeness (QED) is 0.328. The fourth-order valence-corrected chi connectivity index (χ4v) is 3.31. The summed E-state index contributed by atoms with van der Waals surface area (Å²) in [5.74, 6) is -1.72. The van der Waals surface area contributed by atoms with Gasteiger partial charge < -0.3 is 25.6 Å². The van der Waals surface area contributed by atoms with Gasteiger partial charge in [-0.15, -0.1) is 0 Å². The molecule has 1 amide bonds. The number of ether oxygens (including phenoxy) is 2. The predicted molar refractivity (Wildman–Crippen MR) is 118 cm³/mol. The second-order valence-corrected chi connectivity index (χ2v) is 7.74. The van der Waals surface area contributed by atoms with Crippen molar-refractivity contribution in [2.75, 3.05) is 12.3 Å². The fourth-order valence-electron chi connectivity index (χ4n) is 3.31. The first-order valence-corrected chi connectivity index (χ1v) is 10.2. The van der Waals surface area contributed by atoms with Crippen molar-refractivity contribution >= 4 is 29.2 Å². The summed E-state index contributed by atoms with van der Waals surface area (Å²) in [5.41, 5.74) is 4.63. The molecule has 1 atom stereocenters. The van der Waals surface area contributed by atoms with Crippen LogP contribution in [0.25, 0.3) is 11.2 Å². The Morgan fingerprint density at radius 1 is 1.30 bits per heavy atom. The number of anilines is 1. The molecular formula is C21H26N6O6. The smallest absolute Gasteiger partial charge is 0.408 e. The molecule has 12 nitrogen and oxygen atoms in total. The van der Waals surface area contributed by atoms with Gasteiger partial charge in [0.15, 0.2) is 11.2 Å². The van der Waals surface area contributed by atoms with Crippen molar-refractivity contribution in [1.82, 2.24) is 24.8 Å². The minimum Gasteiger partial charge on any atom is -0.479 e. The molecular weight excluding hydrogens is 432 g/mol. The number of aliphatic carboxylic acids is 1. The lowest BCUT2D eigenvalue weighted by atomic mass is 9.83. The highest BCUT2D eigenvalue weighted by atomic mass is 16.5. The number of alkyl carbamates (subject to hydrolysis) is 1. The molecule has 0 radical (unpaired) electrons. The summed E-state index contributed by atoms with van der Waals surface area (Å²) in [5, 5.41) is 12.4. The van der Waals surface area contributed by atoms with E-state index in [0.717, 1.165) is 5.56 Å². The Bertz CT molecular complexity index is 1170. The number of hydrogen-bond donors (Lipinski definition) is 4. The maximum absolute atomic E-state index is 12.4. The number of amides is 1. The number of aromatic amines is 1.